The van der Waals surface area contributed by atoms with E-state index >= 15 is 0 Å². The molecule has 2 aromatic rings. The number of aliphatic hydroxyl groups excluding tert-OH is 1. The third kappa shape index (κ3) is 5.18. The van der Waals surface area contributed by atoms with Crippen LogP contribution in [-0.2, 0) is 6.54 Å². The van der Waals surface area contributed by atoms with Crippen LogP contribution in [0, 0.1) is 6.92 Å². The summed E-state index contributed by atoms with van der Waals surface area (Å²) in [5, 5.41) is 12.8. The molecule has 0 amide bonds. The second-order valence-electron chi connectivity index (χ2n) is 7.03. The molecular weight excluding hydrogens is 312 g/mol. The van der Waals surface area contributed by atoms with Crippen LogP contribution in [-0.4, -0.2) is 42.3 Å². The number of aliphatic hydroxyl groups is 1. The molecule has 1 fully saturated rings. The first-order valence-corrected chi connectivity index (χ1v) is 9.47. The molecule has 4 heteroatoms. The highest BCUT2D eigenvalue weighted by molar-refractivity contribution is 5.57. The SMILES string of the molecule is Cc1ccc(-c2ccc(CNCCCCN3CCCC3CO)o2)cc1. The number of furan rings is 1. The summed E-state index contributed by atoms with van der Waals surface area (Å²) in [6.07, 6.45) is 4.71. The fraction of sp³-hybridized carbons (Fsp3) is 0.524. The number of unbranched alkanes of at least 4 members (excludes halogenated alkanes) is 1. The van der Waals surface area contributed by atoms with Gasteiger partial charge in [0.1, 0.15) is 11.5 Å². The van der Waals surface area contributed by atoms with Crippen LogP contribution in [0.4, 0.5) is 0 Å². The number of nitrogens with zero attached hydrogens (tertiary/aromatic N) is 1. The molecule has 0 aliphatic carbocycles. The van der Waals surface area contributed by atoms with Crippen molar-refractivity contribution >= 4 is 0 Å². The molecule has 2 N–H and O–H groups in total. The van der Waals surface area contributed by atoms with E-state index in [9.17, 15) is 5.11 Å². The topological polar surface area (TPSA) is 48.6 Å². The Bertz CT molecular complexity index is 636. The zero-order valence-electron chi connectivity index (χ0n) is 15.2. The van der Waals surface area contributed by atoms with Gasteiger partial charge < -0.3 is 14.8 Å². The third-order valence-corrected chi connectivity index (χ3v) is 5.06. The molecule has 25 heavy (non-hydrogen) atoms. The third-order valence-electron chi connectivity index (χ3n) is 5.06. The molecular formula is C21H30N2O2. The van der Waals surface area contributed by atoms with Gasteiger partial charge >= 0.3 is 0 Å². The van der Waals surface area contributed by atoms with Gasteiger partial charge in [-0.05, 0) is 64.4 Å². The number of rotatable bonds is 9. The Labute approximate surface area is 150 Å². The van der Waals surface area contributed by atoms with Crippen molar-refractivity contribution in [3.8, 4) is 11.3 Å². The second-order valence-corrected chi connectivity index (χ2v) is 7.03. The molecule has 0 saturated carbocycles. The normalized spacial score (nSPS) is 18.1. The molecule has 136 valence electrons. The van der Waals surface area contributed by atoms with Crippen molar-refractivity contribution < 1.29 is 9.52 Å². The zero-order valence-corrected chi connectivity index (χ0v) is 15.2. The average molecular weight is 342 g/mol. The maximum Gasteiger partial charge on any atom is 0.134 e. The van der Waals surface area contributed by atoms with Crippen LogP contribution in [0.25, 0.3) is 11.3 Å². The van der Waals surface area contributed by atoms with E-state index in [1.807, 2.05) is 6.07 Å². The highest BCUT2D eigenvalue weighted by Crippen LogP contribution is 2.22. The number of hydrogen-bond acceptors (Lipinski definition) is 4. The van der Waals surface area contributed by atoms with Gasteiger partial charge in [0.05, 0.1) is 13.2 Å². The Morgan fingerprint density at radius 3 is 2.80 bits per heavy atom. The summed E-state index contributed by atoms with van der Waals surface area (Å²) in [5.74, 6) is 1.91. The van der Waals surface area contributed by atoms with Gasteiger partial charge in [-0.2, -0.15) is 0 Å². The van der Waals surface area contributed by atoms with E-state index in [-0.39, 0.29) is 0 Å². The first-order chi connectivity index (χ1) is 12.3. The van der Waals surface area contributed by atoms with Gasteiger partial charge in [-0.25, -0.2) is 0 Å². The number of hydrogen-bond donors (Lipinski definition) is 2. The first kappa shape index (κ1) is 18.2. The predicted octanol–water partition coefficient (Wildman–Crippen LogP) is 3.58. The van der Waals surface area contributed by atoms with Crippen LogP contribution in [0.1, 0.15) is 37.0 Å². The van der Waals surface area contributed by atoms with Crippen molar-refractivity contribution in [2.75, 3.05) is 26.2 Å². The lowest BCUT2D eigenvalue weighted by Gasteiger charge is -2.22. The summed E-state index contributed by atoms with van der Waals surface area (Å²) in [5.41, 5.74) is 2.39. The molecule has 2 heterocycles. The maximum absolute atomic E-state index is 9.34. The quantitative estimate of drug-likeness (QED) is 0.684. The van der Waals surface area contributed by atoms with Crippen LogP contribution < -0.4 is 5.32 Å². The highest BCUT2D eigenvalue weighted by Gasteiger charge is 2.22. The Kier molecular flexibility index (Phi) is 6.68. The fourth-order valence-electron chi connectivity index (χ4n) is 3.52. The number of aryl methyl sites for hydroxylation is 1. The number of benzene rings is 1. The zero-order chi connectivity index (χ0) is 17.5. The van der Waals surface area contributed by atoms with Gasteiger partial charge in [0.2, 0.25) is 0 Å². The Balaban J connectivity index is 1.33. The van der Waals surface area contributed by atoms with Gasteiger partial charge in [0.15, 0.2) is 0 Å². The minimum Gasteiger partial charge on any atom is -0.460 e. The first-order valence-electron chi connectivity index (χ1n) is 9.47. The largest absolute Gasteiger partial charge is 0.460 e. The summed E-state index contributed by atoms with van der Waals surface area (Å²) in [4.78, 5) is 2.43. The minimum atomic E-state index is 0.306. The van der Waals surface area contributed by atoms with Crippen molar-refractivity contribution in [3.63, 3.8) is 0 Å². The molecule has 1 aromatic carbocycles. The molecule has 1 atom stereocenters. The molecule has 3 rings (SSSR count). The highest BCUT2D eigenvalue weighted by atomic mass is 16.3. The fourth-order valence-corrected chi connectivity index (χ4v) is 3.52. The van der Waals surface area contributed by atoms with Crippen LogP contribution in [0.2, 0.25) is 0 Å². The lowest BCUT2D eigenvalue weighted by Crippen LogP contribution is -2.33. The number of nitrogens with one attached hydrogen (secondary N) is 1. The second kappa shape index (κ2) is 9.18. The minimum absolute atomic E-state index is 0.306. The Morgan fingerprint density at radius 2 is 2.00 bits per heavy atom. The smallest absolute Gasteiger partial charge is 0.134 e. The van der Waals surface area contributed by atoms with E-state index in [0.29, 0.717) is 12.6 Å². The average Bonchev–Trinajstić information content (AvgIpc) is 3.27. The molecule has 1 aliphatic rings. The summed E-state index contributed by atoms with van der Waals surface area (Å²) in [6.45, 7) is 6.42. The van der Waals surface area contributed by atoms with E-state index < -0.39 is 0 Å². The van der Waals surface area contributed by atoms with E-state index in [4.69, 9.17) is 4.42 Å². The Morgan fingerprint density at radius 1 is 1.16 bits per heavy atom. The summed E-state index contributed by atoms with van der Waals surface area (Å²) < 4.78 is 5.93. The molecule has 1 saturated heterocycles. The van der Waals surface area contributed by atoms with Crippen molar-refractivity contribution in [1.82, 2.24) is 10.2 Å². The lowest BCUT2D eigenvalue weighted by atomic mass is 10.1. The van der Waals surface area contributed by atoms with E-state index in [1.165, 1.54) is 18.4 Å². The van der Waals surface area contributed by atoms with E-state index in [2.05, 4.69) is 47.5 Å². The van der Waals surface area contributed by atoms with Gasteiger partial charge in [-0.15, -0.1) is 0 Å². The maximum atomic E-state index is 9.34. The summed E-state index contributed by atoms with van der Waals surface area (Å²) >= 11 is 0. The van der Waals surface area contributed by atoms with Gasteiger partial charge in [-0.1, -0.05) is 29.8 Å². The molecule has 1 unspecified atom stereocenters. The van der Waals surface area contributed by atoms with Gasteiger partial charge in [0, 0.05) is 11.6 Å². The van der Waals surface area contributed by atoms with Crippen molar-refractivity contribution in [3.05, 3.63) is 47.7 Å². The van der Waals surface area contributed by atoms with Gasteiger partial charge in [0.25, 0.3) is 0 Å². The predicted molar refractivity (Wildman–Crippen MR) is 102 cm³/mol. The van der Waals surface area contributed by atoms with Crippen LogP contribution in [0.15, 0.2) is 40.8 Å². The van der Waals surface area contributed by atoms with Crippen molar-refractivity contribution in [2.24, 2.45) is 0 Å². The van der Waals surface area contributed by atoms with Gasteiger partial charge in [-0.3, -0.25) is 4.90 Å². The molecule has 0 spiro atoms. The summed E-state index contributed by atoms with van der Waals surface area (Å²) in [7, 11) is 0. The Hall–Kier alpha value is -1.62. The van der Waals surface area contributed by atoms with Crippen molar-refractivity contribution in [2.45, 2.75) is 45.2 Å². The number of likely N-dealkylation sites (tertiary alicyclic amines) is 1. The van der Waals surface area contributed by atoms with E-state index in [0.717, 1.165) is 56.1 Å². The molecule has 0 radical (unpaired) electrons. The summed E-state index contributed by atoms with van der Waals surface area (Å²) in [6, 6.07) is 12.9. The monoisotopic (exact) mass is 342 g/mol. The van der Waals surface area contributed by atoms with Crippen LogP contribution in [0.3, 0.4) is 0 Å². The lowest BCUT2D eigenvalue weighted by molar-refractivity contribution is 0.157. The standard InChI is InChI=1S/C21H30N2O2/c1-17-6-8-18(9-7-17)21-11-10-20(25-21)15-22-12-2-3-13-23-14-4-5-19(23)16-24/h6-11,19,22,24H,2-5,12-16H2,1H3. The van der Waals surface area contributed by atoms with Crippen LogP contribution in [0.5, 0.6) is 0 Å². The molecule has 4 nitrogen and oxygen atoms in total. The molecule has 1 aliphatic heterocycles. The molecule has 1 aromatic heterocycles. The van der Waals surface area contributed by atoms with Crippen molar-refractivity contribution in [1.29, 1.82) is 0 Å². The molecule has 0 bridgehead atoms. The van der Waals surface area contributed by atoms with E-state index in [1.54, 1.807) is 0 Å². The van der Waals surface area contributed by atoms with Crippen LogP contribution >= 0.6 is 0 Å².